The van der Waals surface area contributed by atoms with Gasteiger partial charge in [-0.15, -0.1) is 11.3 Å². The number of ether oxygens (including phenoxy) is 1. The summed E-state index contributed by atoms with van der Waals surface area (Å²) in [5, 5.41) is 2.08. The topological polar surface area (TPSA) is 42.4 Å². The highest BCUT2D eigenvalue weighted by Gasteiger charge is 2.28. The monoisotopic (exact) mass is 370 g/mol. The number of pyridine rings is 1. The Morgan fingerprint density at radius 2 is 2.35 bits per heavy atom. The standard InChI is InChI=1S/C21H26N2O2S/c1-15-6-7-18-19(14-26-20(18)10-15)21(24)23(13-17-5-3-9-25-17)12-16-4-2-8-22-11-16/h2,4,8,11,14-15,17H,3,5-7,9-10,12-13H2,1H3. The lowest BCUT2D eigenvalue weighted by Gasteiger charge is -2.26. The molecule has 0 aromatic carbocycles. The first kappa shape index (κ1) is 17.7. The van der Waals surface area contributed by atoms with E-state index < -0.39 is 0 Å². The second-order valence-corrected chi connectivity index (χ2v) is 8.55. The van der Waals surface area contributed by atoms with Gasteiger partial charge in [-0.05, 0) is 55.2 Å². The fourth-order valence-electron chi connectivity index (χ4n) is 3.99. The summed E-state index contributed by atoms with van der Waals surface area (Å²) in [4.78, 5) is 21.0. The summed E-state index contributed by atoms with van der Waals surface area (Å²) >= 11 is 1.76. The molecular formula is C21H26N2O2S. The summed E-state index contributed by atoms with van der Waals surface area (Å²) in [6, 6.07) is 3.96. The van der Waals surface area contributed by atoms with Crippen LogP contribution >= 0.6 is 11.3 Å². The Morgan fingerprint density at radius 3 is 3.12 bits per heavy atom. The third-order valence-electron chi connectivity index (χ3n) is 5.46. The lowest BCUT2D eigenvalue weighted by Crippen LogP contribution is -2.37. The maximum atomic E-state index is 13.4. The quantitative estimate of drug-likeness (QED) is 0.796. The zero-order valence-corrected chi connectivity index (χ0v) is 16.1. The van der Waals surface area contributed by atoms with Gasteiger partial charge in [0.2, 0.25) is 0 Å². The molecule has 0 bridgehead atoms. The zero-order valence-electron chi connectivity index (χ0n) is 15.3. The van der Waals surface area contributed by atoms with E-state index in [4.69, 9.17) is 4.74 Å². The van der Waals surface area contributed by atoms with E-state index in [1.165, 1.54) is 16.9 Å². The van der Waals surface area contributed by atoms with Crippen molar-refractivity contribution in [2.45, 2.75) is 51.7 Å². The number of thiophene rings is 1. The maximum Gasteiger partial charge on any atom is 0.255 e. The van der Waals surface area contributed by atoms with Crippen molar-refractivity contribution < 1.29 is 9.53 Å². The van der Waals surface area contributed by atoms with Crippen LogP contribution in [0.4, 0.5) is 0 Å². The number of aromatic nitrogens is 1. The van der Waals surface area contributed by atoms with Crippen LogP contribution in [0.2, 0.25) is 0 Å². The molecule has 2 atom stereocenters. The predicted molar refractivity (Wildman–Crippen MR) is 103 cm³/mol. The van der Waals surface area contributed by atoms with E-state index in [9.17, 15) is 4.79 Å². The molecule has 1 fully saturated rings. The molecule has 26 heavy (non-hydrogen) atoms. The van der Waals surface area contributed by atoms with Crippen LogP contribution in [-0.4, -0.2) is 35.0 Å². The highest BCUT2D eigenvalue weighted by Crippen LogP contribution is 2.33. The molecule has 2 aromatic rings. The molecule has 3 heterocycles. The van der Waals surface area contributed by atoms with Crippen molar-refractivity contribution >= 4 is 17.2 Å². The van der Waals surface area contributed by atoms with E-state index in [0.717, 1.165) is 49.3 Å². The Hall–Kier alpha value is -1.72. The van der Waals surface area contributed by atoms with E-state index >= 15 is 0 Å². The van der Waals surface area contributed by atoms with Gasteiger partial charge in [0.05, 0.1) is 11.7 Å². The molecule has 4 rings (SSSR count). The third kappa shape index (κ3) is 3.84. The molecule has 4 nitrogen and oxygen atoms in total. The smallest absolute Gasteiger partial charge is 0.255 e. The van der Waals surface area contributed by atoms with E-state index in [-0.39, 0.29) is 12.0 Å². The fourth-order valence-corrected chi connectivity index (χ4v) is 5.23. The van der Waals surface area contributed by atoms with Crippen molar-refractivity contribution in [3.8, 4) is 0 Å². The van der Waals surface area contributed by atoms with Gasteiger partial charge >= 0.3 is 0 Å². The Morgan fingerprint density at radius 1 is 1.42 bits per heavy atom. The van der Waals surface area contributed by atoms with Gasteiger partial charge in [-0.25, -0.2) is 0 Å². The maximum absolute atomic E-state index is 13.4. The molecule has 2 aromatic heterocycles. The molecule has 138 valence electrons. The highest BCUT2D eigenvalue weighted by molar-refractivity contribution is 7.10. The molecule has 2 aliphatic rings. The number of carbonyl (C=O) groups is 1. The SMILES string of the molecule is CC1CCc2c(C(=O)N(Cc3cccnc3)CC3CCCO3)csc2C1. The number of carbonyl (C=O) groups excluding carboxylic acids is 1. The number of nitrogens with zero attached hydrogens (tertiary/aromatic N) is 2. The minimum Gasteiger partial charge on any atom is -0.376 e. The van der Waals surface area contributed by atoms with Crippen LogP contribution in [0.15, 0.2) is 29.9 Å². The molecule has 2 unspecified atom stereocenters. The largest absolute Gasteiger partial charge is 0.376 e. The van der Waals surface area contributed by atoms with Crippen molar-refractivity contribution in [1.29, 1.82) is 0 Å². The summed E-state index contributed by atoms with van der Waals surface area (Å²) in [5.41, 5.74) is 3.27. The summed E-state index contributed by atoms with van der Waals surface area (Å²) in [6.07, 6.45) is 9.22. The van der Waals surface area contributed by atoms with Crippen molar-refractivity contribution in [2.75, 3.05) is 13.2 Å². The molecule has 0 spiro atoms. The Bertz CT molecular complexity index is 753. The van der Waals surface area contributed by atoms with Crippen LogP contribution in [0, 0.1) is 5.92 Å². The molecule has 0 N–H and O–H groups in total. The average Bonchev–Trinajstić information content (AvgIpc) is 3.30. The fraction of sp³-hybridized carbons (Fsp3) is 0.524. The molecule has 1 saturated heterocycles. The van der Waals surface area contributed by atoms with Crippen molar-refractivity contribution in [3.63, 3.8) is 0 Å². The van der Waals surface area contributed by atoms with Gasteiger partial charge in [-0.1, -0.05) is 13.0 Å². The minimum absolute atomic E-state index is 0.149. The van der Waals surface area contributed by atoms with Crippen LogP contribution in [0.5, 0.6) is 0 Å². The molecule has 0 saturated carbocycles. The minimum atomic E-state index is 0.149. The summed E-state index contributed by atoms with van der Waals surface area (Å²) in [7, 11) is 0. The number of hydrogen-bond acceptors (Lipinski definition) is 4. The van der Waals surface area contributed by atoms with E-state index in [1.807, 2.05) is 23.2 Å². The molecule has 1 amide bonds. The van der Waals surface area contributed by atoms with Gasteiger partial charge in [-0.2, -0.15) is 0 Å². The number of hydrogen-bond donors (Lipinski definition) is 0. The van der Waals surface area contributed by atoms with E-state index in [0.29, 0.717) is 13.1 Å². The van der Waals surface area contributed by atoms with Crippen LogP contribution in [-0.2, 0) is 24.1 Å². The third-order valence-corrected chi connectivity index (χ3v) is 6.51. The Balaban J connectivity index is 1.57. The molecule has 1 aliphatic heterocycles. The highest BCUT2D eigenvalue weighted by atomic mass is 32.1. The van der Waals surface area contributed by atoms with Gasteiger partial charge in [0.25, 0.3) is 5.91 Å². The molecule has 5 heteroatoms. The zero-order chi connectivity index (χ0) is 17.9. The van der Waals surface area contributed by atoms with Gasteiger partial charge in [-0.3, -0.25) is 9.78 Å². The Labute approximate surface area is 159 Å². The Kier molecular flexibility index (Phi) is 5.36. The average molecular weight is 371 g/mol. The molecular weight excluding hydrogens is 344 g/mol. The van der Waals surface area contributed by atoms with Crippen LogP contribution < -0.4 is 0 Å². The van der Waals surface area contributed by atoms with E-state index in [1.54, 1.807) is 17.5 Å². The first-order valence-corrected chi connectivity index (χ1v) is 10.5. The number of rotatable bonds is 5. The second-order valence-electron chi connectivity index (χ2n) is 7.58. The van der Waals surface area contributed by atoms with Crippen molar-refractivity contribution in [2.24, 2.45) is 5.92 Å². The number of fused-ring (bicyclic) bond motifs is 1. The van der Waals surface area contributed by atoms with Gasteiger partial charge in [0.15, 0.2) is 0 Å². The summed E-state index contributed by atoms with van der Waals surface area (Å²) in [5.74, 6) is 0.874. The summed E-state index contributed by atoms with van der Waals surface area (Å²) in [6.45, 7) is 4.37. The normalized spacial score (nSPS) is 22.2. The first-order valence-electron chi connectivity index (χ1n) is 9.59. The van der Waals surface area contributed by atoms with E-state index in [2.05, 4.69) is 17.3 Å². The van der Waals surface area contributed by atoms with Gasteiger partial charge in [0.1, 0.15) is 0 Å². The van der Waals surface area contributed by atoms with Crippen LogP contribution in [0.3, 0.4) is 0 Å². The van der Waals surface area contributed by atoms with Crippen molar-refractivity contribution in [3.05, 3.63) is 51.5 Å². The first-order chi connectivity index (χ1) is 12.7. The summed E-state index contributed by atoms with van der Waals surface area (Å²) < 4.78 is 5.81. The van der Waals surface area contributed by atoms with Gasteiger partial charge in [0, 0.05) is 42.3 Å². The lowest BCUT2D eigenvalue weighted by molar-refractivity contribution is 0.0506. The van der Waals surface area contributed by atoms with Crippen LogP contribution in [0.1, 0.15) is 52.5 Å². The molecule has 0 radical (unpaired) electrons. The molecule has 1 aliphatic carbocycles. The lowest BCUT2D eigenvalue weighted by atomic mass is 9.88. The predicted octanol–water partition coefficient (Wildman–Crippen LogP) is 4.09. The van der Waals surface area contributed by atoms with Crippen LogP contribution in [0.25, 0.3) is 0 Å². The van der Waals surface area contributed by atoms with Gasteiger partial charge < -0.3 is 9.64 Å². The number of amides is 1. The second kappa shape index (κ2) is 7.89. The van der Waals surface area contributed by atoms with Crippen molar-refractivity contribution in [1.82, 2.24) is 9.88 Å².